The molecule has 2 unspecified atom stereocenters. The summed E-state index contributed by atoms with van der Waals surface area (Å²) in [6.45, 7) is 17.4. The maximum Gasteiger partial charge on any atom is 0.288 e. The van der Waals surface area contributed by atoms with Crippen molar-refractivity contribution in [3.63, 3.8) is 0 Å². The second-order valence-corrected chi connectivity index (χ2v) is 9.48. The molecule has 1 saturated heterocycles. The molecule has 1 heterocycles. The van der Waals surface area contributed by atoms with Crippen molar-refractivity contribution in [1.82, 2.24) is 4.90 Å². The number of rotatable bonds is 1. The Hall–Kier alpha value is -0.770. The summed E-state index contributed by atoms with van der Waals surface area (Å²) in [4.78, 5) is 26.9. The van der Waals surface area contributed by atoms with Crippen LogP contribution in [-0.4, -0.2) is 27.3 Å². The second-order valence-electron chi connectivity index (χ2n) is 8.39. The zero-order chi connectivity index (χ0) is 16.8. The molecule has 22 heavy (non-hydrogen) atoms. The molecule has 122 valence electrons. The van der Waals surface area contributed by atoms with Gasteiger partial charge in [-0.15, -0.1) is 0 Å². The van der Waals surface area contributed by atoms with Gasteiger partial charge in [0.1, 0.15) is 0 Å². The molecule has 0 radical (unpaired) electrons. The van der Waals surface area contributed by atoms with Gasteiger partial charge in [-0.2, -0.15) is 0 Å². The van der Waals surface area contributed by atoms with Crippen molar-refractivity contribution < 1.29 is 9.59 Å². The largest absolute Gasteiger partial charge is 0.288 e. The predicted molar refractivity (Wildman–Crippen MR) is 90.6 cm³/mol. The highest BCUT2D eigenvalue weighted by Crippen LogP contribution is 2.78. The molecule has 3 aliphatic rings. The maximum absolute atomic E-state index is 12.7. The molecule has 1 saturated carbocycles. The van der Waals surface area contributed by atoms with Gasteiger partial charge < -0.3 is 0 Å². The minimum atomic E-state index is -0.146. The van der Waals surface area contributed by atoms with Crippen LogP contribution in [-0.2, 0) is 4.79 Å². The number of amides is 2. The van der Waals surface area contributed by atoms with Crippen LogP contribution in [0.15, 0.2) is 11.1 Å². The van der Waals surface area contributed by atoms with Crippen LogP contribution in [0.3, 0.4) is 0 Å². The van der Waals surface area contributed by atoms with Crippen molar-refractivity contribution in [2.45, 2.75) is 66.7 Å². The van der Waals surface area contributed by atoms with Crippen LogP contribution in [0.1, 0.15) is 55.4 Å². The number of thioether (sulfide) groups is 1. The highest BCUT2D eigenvalue weighted by molar-refractivity contribution is 8.14. The van der Waals surface area contributed by atoms with Crippen molar-refractivity contribution in [3.05, 3.63) is 11.1 Å². The van der Waals surface area contributed by atoms with E-state index in [2.05, 4.69) is 41.5 Å². The number of allylic oxidation sites excluding steroid dienone is 1. The summed E-state index contributed by atoms with van der Waals surface area (Å²) in [5.41, 5.74) is 2.65. The molecule has 3 rings (SSSR count). The quantitative estimate of drug-likeness (QED) is 0.668. The number of hydrogen-bond donors (Lipinski definition) is 0. The topological polar surface area (TPSA) is 37.4 Å². The molecule has 2 aliphatic carbocycles. The van der Waals surface area contributed by atoms with E-state index in [1.807, 2.05) is 13.8 Å². The van der Waals surface area contributed by atoms with Crippen molar-refractivity contribution >= 4 is 22.9 Å². The molecule has 1 aliphatic heterocycles. The summed E-state index contributed by atoms with van der Waals surface area (Å²) >= 11 is 1.39. The predicted octanol–water partition coefficient (Wildman–Crippen LogP) is 4.48. The minimum Gasteiger partial charge on any atom is -0.274 e. The molecule has 3 nitrogen and oxygen atoms in total. The molecule has 0 aromatic heterocycles. The first-order valence-electron chi connectivity index (χ1n) is 8.16. The number of hydrogen-bond acceptors (Lipinski definition) is 3. The standard InChI is InChI=1S/C18H27NO2S/c1-9(2)14(20)19-12-13(22-15(19)21)18(8)11(4)10(3)17(12,7)16(18,5)6/h9,12-13H,1-8H3/t12-,13+,17?,18?/m0/s1. The molecule has 0 N–H and O–H groups in total. The van der Waals surface area contributed by atoms with Crippen LogP contribution in [0, 0.1) is 22.2 Å². The van der Waals surface area contributed by atoms with E-state index in [0.29, 0.717) is 0 Å². The minimum absolute atomic E-state index is 0.0106. The summed E-state index contributed by atoms with van der Waals surface area (Å²) in [5, 5.41) is 0.121. The summed E-state index contributed by atoms with van der Waals surface area (Å²) in [7, 11) is 0. The van der Waals surface area contributed by atoms with Crippen LogP contribution in [0.5, 0.6) is 0 Å². The lowest BCUT2D eigenvalue weighted by Gasteiger charge is -2.44. The Balaban J connectivity index is 2.22. The van der Waals surface area contributed by atoms with Crippen molar-refractivity contribution in [1.29, 1.82) is 0 Å². The third-order valence-electron chi connectivity index (χ3n) is 7.60. The molecular formula is C18H27NO2S. The van der Waals surface area contributed by atoms with Gasteiger partial charge in [0.15, 0.2) is 0 Å². The third-order valence-corrected chi connectivity index (χ3v) is 8.98. The van der Waals surface area contributed by atoms with E-state index < -0.39 is 0 Å². The summed E-state index contributed by atoms with van der Waals surface area (Å²) < 4.78 is 0. The van der Waals surface area contributed by atoms with Crippen molar-refractivity contribution in [2.24, 2.45) is 22.2 Å². The molecule has 0 aromatic rings. The first-order valence-corrected chi connectivity index (χ1v) is 9.04. The summed E-state index contributed by atoms with van der Waals surface area (Å²) in [6, 6.07) is -0.0106. The third kappa shape index (κ3) is 1.33. The zero-order valence-corrected chi connectivity index (χ0v) is 15.7. The van der Waals surface area contributed by atoms with Gasteiger partial charge in [-0.25, -0.2) is 0 Å². The Morgan fingerprint density at radius 1 is 1.09 bits per heavy atom. The van der Waals surface area contributed by atoms with E-state index >= 15 is 0 Å². The molecule has 2 fully saturated rings. The monoisotopic (exact) mass is 321 g/mol. The molecular weight excluding hydrogens is 294 g/mol. The highest BCUT2D eigenvalue weighted by atomic mass is 32.2. The Labute approximate surface area is 137 Å². The Kier molecular flexibility index (Phi) is 3.07. The van der Waals surface area contributed by atoms with Gasteiger partial charge in [-0.3, -0.25) is 14.5 Å². The van der Waals surface area contributed by atoms with Gasteiger partial charge in [-0.05, 0) is 19.3 Å². The van der Waals surface area contributed by atoms with Crippen LogP contribution in [0.2, 0.25) is 0 Å². The maximum atomic E-state index is 12.7. The molecule has 0 aromatic carbocycles. The number of imide groups is 1. The van der Waals surface area contributed by atoms with E-state index in [0.717, 1.165) is 0 Å². The van der Waals surface area contributed by atoms with E-state index in [-0.39, 0.29) is 44.6 Å². The van der Waals surface area contributed by atoms with Crippen LogP contribution < -0.4 is 0 Å². The van der Waals surface area contributed by atoms with Crippen molar-refractivity contribution in [3.8, 4) is 0 Å². The lowest BCUT2D eigenvalue weighted by Crippen LogP contribution is -2.52. The summed E-state index contributed by atoms with van der Waals surface area (Å²) in [6.07, 6.45) is 0. The molecule has 4 heteroatoms. The first-order chi connectivity index (χ1) is 9.94. The Bertz CT molecular complexity index is 621. The normalized spacial score (nSPS) is 42.6. The average molecular weight is 321 g/mol. The van der Waals surface area contributed by atoms with Gasteiger partial charge in [0.2, 0.25) is 5.91 Å². The van der Waals surface area contributed by atoms with Gasteiger partial charge in [0.05, 0.1) is 6.04 Å². The number of nitrogens with zero attached hydrogens (tertiary/aromatic N) is 1. The number of carbonyl (C=O) groups excluding carboxylic acids is 2. The van der Waals surface area contributed by atoms with Crippen LogP contribution in [0.4, 0.5) is 4.79 Å². The fourth-order valence-corrected chi connectivity index (χ4v) is 7.16. The van der Waals surface area contributed by atoms with Crippen molar-refractivity contribution in [2.75, 3.05) is 0 Å². The molecule has 2 bridgehead atoms. The zero-order valence-electron chi connectivity index (χ0n) is 14.9. The second kappa shape index (κ2) is 4.19. The van der Waals surface area contributed by atoms with Crippen LogP contribution >= 0.6 is 11.8 Å². The fourth-order valence-electron chi connectivity index (χ4n) is 5.40. The lowest BCUT2D eigenvalue weighted by molar-refractivity contribution is -0.134. The van der Waals surface area contributed by atoms with E-state index in [4.69, 9.17) is 0 Å². The van der Waals surface area contributed by atoms with Crippen LogP contribution in [0.25, 0.3) is 0 Å². The smallest absolute Gasteiger partial charge is 0.274 e. The molecule has 2 amide bonds. The number of carbonyl (C=O) groups is 2. The van der Waals surface area contributed by atoms with Gasteiger partial charge >= 0.3 is 0 Å². The first kappa shape index (κ1) is 16.1. The highest BCUT2D eigenvalue weighted by Gasteiger charge is 2.78. The van der Waals surface area contributed by atoms with E-state index in [1.54, 1.807) is 4.90 Å². The number of fused-ring (bicyclic) bond motifs is 5. The Morgan fingerprint density at radius 3 is 2.09 bits per heavy atom. The SMILES string of the molecule is CC1=C(C)C2(C)[C@@H]3[C@@H](SC(=O)N3C(=O)C(C)C)C1(C)C2(C)C. The fraction of sp³-hybridized carbons (Fsp3) is 0.778. The molecule has 4 atom stereocenters. The van der Waals surface area contributed by atoms with E-state index in [9.17, 15) is 9.59 Å². The van der Waals surface area contributed by atoms with Gasteiger partial charge in [-0.1, -0.05) is 64.5 Å². The molecule has 0 spiro atoms. The average Bonchev–Trinajstić information content (AvgIpc) is 2.87. The van der Waals surface area contributed by atoms with Gasteiger partial charge in [0, 0.05) is 22.0 Å². The Morgan fingerprint density at radius 2 is 1.59 bits per heavy atom. The van der Waals surface area contributed by atoms with Gasteiger partial charge in [0.25, 0.3) is 5.24 Å². The lowest BCUT2D eigenvalue weighted by atomic mass is 9.62. The summed E-state index contributed by atoms with van der Waals surface area (Å²) in [5.74, 6) is -0.170. The van der Waals surface area contributed by atoms with E-state index in [1.165, 1.54) is 22.9 Å².